The smallest absolute Gasteiger partial charge is 0.272 e. The summed E-state index contributed by atoms with van der Waals surface area (Å²) in [5, 5.41) is 8.23. The summed E-state index contributed by atoms with van der Waals surface area (Å²) in [4.78, 5) is 24.9. The number of rotatable bonds is 8. The lowest BCUT2D eigenvalue weighted by atomic mass is 9.79. The average Bonchev–Trinajstić information content (AvgIpc) is 3.88. The molecule has 8 rings (SSSR count). The number of fused-ring (bicyclic) bond motifs is 2. The third kappa shape index (κ3) is 5.13. The van der Waals surface area contributed by atoms with Crippen LogP contribution < -0.4 is 11.3 Å². The molecule has 7 nitrogen and oxygen atoms in total. The van der Waals surface area contributed by atoms with Crippen molar-refractivity contribution in [2.24, 2.45) is 5.73 Å². The van der Waals surface area contributed by atoms with Crippen molar-refractivity contribution in [3.05, 3.63) is 135 Å². The van der Waals surface area contributed by atoms with E-state index < -0.39 is 11.6 Å². The van der Waals surface area contributed by atoms with Gasteiger partial charge in [-0.1, -0.05) is 29.8 Å². The Morgan fingerprint density at radius 1 is 0.957 bits per heavy atom. The Balaban J connectivity index is 1.25. The predicted octanol–water partition coefficient (Wildman–Crippen LogP) is 7.17. The number of aryl methyl sites for hydroxylation is 1. The molecule has 1 unspecified atom stereocenters. The van der Waals surface area contributed by atoms with Gasteiger partial charge in [-0.3, -0.25) is 14.8 Å². The summed E-state index contributed by atoms with van der Waals surface area (Å²) in [6.45, 7) is 0.761. The molecule has 0 saturated heterocycles. The molecule has 3 aliphatic carbocycles. The maximum Gasteiger partial charge on any atom is 0.272 e. The highest BCUT2D eigenvalue weighted by molar-refractivity contribution is 5.85. The minimum absolute atomic E-state index is 0.0515. The maximum absolute atomic E-state index is 14.6. The van der Waals surface area contributed by atoms with Crippen LogP contribution in [0.5, 0.6) is 0 Å². The van der Waals surface area contributed by atoms with Crippen LogP contribution in [0.3, 0.4) is 0 Å². The number of aromatic nitrogens is 4. The lowest BCUT2D eigenvalue weighted by Gasteiger charge is -2.44. The minimum atomic E-state index is -0.607. The number of hydrogen-bond acceptors (Lipinski definition) is 6. The van der Waals surface area contributed by atoms with E-state index in [0.29, 0.717) is 23.2 Å². The van der Waals surface area contributed by atoms with Gasteiger partial charge in [-0.2, -0.15) is 5.10 Å². The van der Waals surface area contributed by atoms with Crippen molar-refractivity contribution in [3.8, 4) is 11.1 Å². The van der Waals surface area contributed by atoms with Crippen molar-refractivity contribution >= 4 is 10.8 Å². The lowest BCUT2D eigenvalue weighted by molar-refractivity contribution is 0.192. The molecule has 3 aliphatic rings. The lowest BCUT2D eigenvalue weighted by Crippen LogP contribution is -2.37. The van der Waals surface area contributed by atoms with Gasteiger partial charge in [0.05, 0.1) is 40.6 Å². The zero-order valence-corrected chi connectivity index (χ0v) is 26.1. The molecule has 0 aliphatic heterocycles. The van der Waals surface area contributed by atoms with E-state index in [0.717, 1.165) is 68.1 Å². The molecular weight excluding hydrogens is 594 g/mol. The summed E-state index contributed by atoms with van der Waals surface area (Å²) in [5.74, 6) is -1.21. The molecule has 5 aromatic rings. The van der Waals surface area contributed by atoms with Gasteiger partial charge < -0.3 is 10.6 Å². The van der Waals surface area contributed by atoms with Crippen LogP contribution in [0.4, 0.5) is 8.78 Å². The van der Waals surface area contributed by atoms with E-state index in [1.165, 1.54) is 40.6 Å². The molecule has 9 heteroatoms. The van der Waals surface area contributed by atoms with Gasteiger partial charge in [0.2, 0.25) is 0 Å². The number of hydrogen-bond donors (Lipinski definition) is 2. The molecule has 2 aromatic carbocycles. The second-order valence-electron chi connectivity index (χ2n) is 13.1. The standard InChI is InChI=1S/C38H36F2N6O/c39-30-9-3-10-31(40)34(30)25-12-14-27(43-21-25)22-46(33-11-2-5-23-8-4-18-42-35(23)33)36(24-6-1-7-24)38(16-17-38)26-13-15-28-29(19-26)32(20-41)44-45-37(28)47/h3-4,8-10,12-15,18-19,21,33H,1-2,5-7,11,16-17,20,22,41H2,(H,45,47). The first-order valence-electron chi connectivity index (χ1n) is 16.5. The molecule has 47 heavy (non-hydrogen) atoms. The topological polar surface area (TPSA) is 101 Å². The molecule has 0 spiro atoms. The van der Waals surface area contributed by atoms with Crippen molar-refractivity contribution < 1.29 is 8.78 Å². The van der Waals surface area contributed by atoms with Crippen LogP contribution in [-0.2, 0) is 24.9 Å². The van der Waals surface area contributed by atoms with Gasteiger partial charge in [0.25, 0.3) is 5.56 Å². The SMILES string of the molecule is NCc1n[nH]c(=O)c2ccc(C3(C(=C4CCC4)N(Cc4ccc(-c5c(F)cccc5F)cn4)C4CCCc5cccnc54)CC3)cc12. The second kappa shape index (κ2) is 11.8. The van der Waals surface area contributed by atoms with E-state index in [-0.39, 0.29) is 29.1 Å². The fourth-order valence-electron chi connectivity index (χ4n) is 7.71. The highest BCUT2D eigenvalue weighted by Crippen LogP contribution is 2.59. The van der Waals surface area contributed by atoms with E-state index in [9.17, 15) is 13.6 Å². The van der Waals surface area contributed by atoms with Gasteiger partial charge in [-0.25, -0.2) is 13.9 Å². The van der Waals surface area contributed by atoms with Crippen LogP contribution in [0.1, 0.15) is 79.2 Å². The first-order chi connectivity index (χ1) is 23.0. The summed E-state index contributed by atoms with van der Waals surface area (Å²) in [6, 6.07) is 18.0. The highest BCUT2D eigenvalue weighted by Gasteiger charge is 2.52. The Labute approximate surface area is 271 Å². The van der Waals surface area contributed by atoms with E-state index in [2.05, 4.69) is 33.3 Å². The average molecular weight is 631 g/mol. The summed E-state index contributed by atoms with van der Waals surface area (Å²) < 4.78 is 29.2. The second-order valence-corrected chi connectivity index (χ2v) is 13.1. The number of nitrogens with zero attached hydrogens (tertiary/aromatic N) is 4. The highest BCUT2D eigenvalue weighted by atomic mass is 19.1. The van der Waals surface area contributed by atoms with Crippen LogP contribution in [0.25, 0.3) is 21.9 Å². The summed E-state index contributed by atoms with van der Waals surface area (Å²) in [7, 11) is 0. The van der Waals surface area contributed by atoms with Crippen LogP contribution in [0, 0.1) is 11.6 Å². The number of nitrogens with two attached hydrogens (primary N) is 1. The maximum atomic E-state index is 14.6. The molecule has 0 bridgehead atoms. The third-order valence-corrected chi connectivity index (χ3v) is 10.3. The molecule has 238 valence electrons. The van der Waals surface area contributed by atoms with Gasteiger partial charge >= 0.3 is 0 Å². The Hall–Kier alpha value is -4.76. The van der Waals surface area contributed by atoms with Crippen molar-refractivity contribution in [3.63, 3.8) is 0 Å². The van der Waals surface area contributed by atoms with Gasteiger partial charge in [-0.05, 0) is 98.9 Å². The van der Waals surface area contributed by atoms with Crippen LogP contribution >= 0.6 is 0 Å². The number of aromatic amines is 1. The van der Waals surface area contributed by atoms with Gasteiger partial charge in [0.1, 0.15) is 11.6 Å². The fourth-order valence-corrected chi connectivity index (χ4v) is 7.71. The molecule has 2 fully saturated rings. The van der Waals surface area contributed by atoms with E-state index in [4.69, 9.17) is 15.7 Å². The molecule has 0 amide bonds. The van der Waals surface area contributed by atoms with Crippen molar-refractivity contribution in [1.82, 2.24) is 25.1 Å². The number of allylic oxidation sites excluding steroid dienone is 2. The molecule has 3 aromatic heterocycles. The Morgan fingerprint density at radius 2 is 1.79 bits per heavy atom. The first kappa shape index (κ1) is 29.6. The number of H-pyrrole nitrogens is 1. The minimum Gasteiger partial charge on any atom is -0.360 e. The number of nitrogens with one attached hydrogen (secondary N) is 1. The zero-order chi connectivity index (χ0) is 32.1. The zero-order valence-electron chi connectivity index (χ0n) is 26.1. The number of pyridine rings is 2. The fraction of sp³-hybridized carbons (Fsp3) is 0.316. The van der Waals surface area contributed by atoms with E-state index >= 15 is 0 Å². The van der Waals surface area contributed by atoms with Crippen molar-refractivity contribution in [2.45, 2.75) is 75.9 Å². The normalized spacial score (nSPS) is 18.0. The number of benzene rings is 2. The first-order valence-corrected chi connectivity index (χ1v) is 16.5. The van der Waals surface area contributed by atoms with Crippen molar-refractivity contribution in [2.75, 3.05) is 0 Å². The predicted molar refractivity (Wildman–Crippen MR) is 177 cm³/mol. The van der Waals surface area contributed by atoms with Gasteiger partial charge in [-0.15, -0.1) is 0 Å². The van der Waals surface area contributed by atoms with E-state index in [1.807, 2.05) is 24.4 Å². The van der Waals surface area contributed by atoms with E-state index in [1.54, 1.807) is 12.3 Å². The molecule has 2 saturated carbocycles. The largest absolute Gasteiger partial charge is 0.360 e. The summed E-state index contributed by atoms with van der Waals surface area (Å²) in [6.07, 6.45) is 11.7. The third-order valence-electron chi connectivity index (χ3n) is 10.3. The summed E-state index contributed by atoms with van der Waals surface area (Å²) in [5.41, 5.74) is 13.8. The van der Waals surface area contributed by atoms with Crippen LogP contribution in [0.15, 0.2) is 89.1 Å². The molecular formula is C38H36F2N6O. The molecule has 1 atom stereocenters. The van der Waals surface area contributed by atoms with Crippen LogP contribution in [0.2, 0.25) is 0 Å². The molecule has 0 radical (unpaired) electrons. The molecule has 3 heterocycles. The Morgan fingerprint density at radius 3 is 2.49 bits per heavy atom. The van der Waals surface area contributed by atoms with Gasteiger partial charge in [0, 0.05) is 41.0 Å². The van der Waals surface area contributed by atoms with Gasteiger partial charge in [0.15, 0.2) is 0 Å². The van der Waals surface area contributed by atoms with Crippen molar-refractivity contribution in [1.29, 1.82) is 0 Å². The number of halogens is 2. The van der Waals surface area contributed by atoms with Crippen LogP contribution in [-0.4, -0.2) is 25.1 Å². The Kier molecular flexibility index (Phi) is 7.44. The summed E-state index contributed by atoms with van der Waals surface area (Å²) >= 11 is 0. The molecule has 3 N–H and O–H groups in total. The monoisotopic (exact) mass is 630 g/mol. The quantitative estimate of drug-likeness (QED) is 0.189. The Bertz CT molecular complexity index is 2060.